The Hall–Kier alpha value is -4.31. The van der Waals surface area contributed by atoms with Crippen LogP contribution in [0, 0.1) is 5.82 Å². The molecule has 0 atom stereocenters. The van der Waals surface area contributed by atoms with Crippen molar-refractivity contribution in [1.29, 1.82) is 0 Å². The van der Waals surface area contributed by atoms with Gasteiger partial charge >= 0.3 is 0 Å². The van der Waals surface area contributed by atoms with Crippen molar-refractivity contribution in [2.75, 3.05) is 38.4 Å². The summed E-state index contributed by atoms with van der Waals surface area (Å²) in [6, 6.07) is 10.2. The number of anilines is 3. The number of carbonyl (C=O) groups is 1. The number of ether oxygens (including phenoxy) is 1. The van der Waals surface area contributed by atoms with E-state index in [1.54, 1.807) is 24.5 Å². The maximum Gasteiger partial charge on any atom is 0.248 e. The molecule has 1 amide bonds. The van der Waals surface area contributed by atoms with E-state index in [4.69, 9.17) is 4.74 Å². The Morgan fingerprint density at radius 1 is 1.18 bits per heavy atom. The summed E-state index contributed by atoms with van der Waals surface area (Å²) in [5, 5.41) is 6.58. The molecule has 34 heavy (non-hydrogen) atoms. The van der Waals surface area contributed by atoms with Crippen LogP contribution in [0.5, 0.6) is 5.75 Å². The first-order chi connectivity index (χ1) is 16.4. The first kappa shape index (κ1) is 22.9. The highest BCUT2D eigenvalue weighted by Gasteiger charge is 2.14. The summed E-state index contributed by atoms with van der Waals surface area (Å²) < 4.78 is 21.7. The third-order valence-electron chi connectivity index (χ3n) is 4.87. The predicted octanol–water partition coefficient (Wildman–Crippen LogP) is 3.76. The van der Waals surface area contributed by atoms with Crippen molar-refractivity contribution in [3.8, 4) is 11.6 Å². The van der Waals surface area contributed by atoms with Gasteiger partial charge in [0.05, 0.1) is 18.5 Å². The van der Waals surface area contributed by atoms with Crippen molar-refractivity contribution >= 4 is 34.3 Å². The van der Waals surface area contributed by atoms with Gasteiger partial charge in [-0.3, -0.25) is 9.36 Å². The lowest BCUT2D eigenvalue weighted by molar-refractivity contribution is -0.111. The molecule has 0 bridgehead atoms. The van der Waals surface area contributed by atoms with Crippen LogP contribution in [0.2, 0.25) is 0 Å². The van der Waals surface area contributed by atoms with Gasteiger partial charge in [0.1, 0.15) is 17.2 Å². The molecule has 0 aliphatic rings. The van der Waals surface area contributed by atoms with Gasteiger partial charge in [0, 0.05) is 42.7 Å². The molecule has 3 aromatic heterocycles. The SMILES string of the molecule is COc1cc(F)c(NC(=O)/C=C/CN(C)C)cc1Nc1nccc(-n2ccc3cccnc32)n1. The summed E-state index contributed by atoms with van der Waals surface area (Å²) in [5.74, 6) is 0.0364. The summed E-state index contributed by atoms with van der Waals surface area (Å²) in [6.07, 6.45) is 8.25. The standard InChI is InChI=1S/C24H24FN7O2/c1-31(2)12-5-7-22(33)28-18-15-19(20(34-3)14-17(18)25)29-24-27-11-8-21(30-24)32-13-9-16-6-4-10-26-23(16)32/h4-11,13-15H,12H2,1-3H3,(H,28,33)(H,27,29,30)/b7-5+. The lowest BCUT2D eigenvalue weighted by Gasteiger charge is -2.14. The molecule has 0 unspecified atom stereocenters. The Labute approximate surface area is 195 Å². The van der Waals surface area contributed by atoms with E-state index < -0.39 is 11.7 Å². The minimum Gasteiger partial charge on any atom is -0.494 e. The summed E-state index contributed by atoms with van der Waals surface area (Å²) in [7, 11) is 5.20. The van der Waals surface area contributed by atoms with Crippen LogP contribution >= 0.6 is 0 Å². The number of amides is 1. The first-order valence-electron chi connectivity index (χ1n) is 10.5. The zero-order chi connectivity index (χ0) is 24.1. The van der Waals surface area contributed by atoms with Crippen molar-refractivity contribution in [2.45, 2.75) is 0 Å². The largest absolute Gasteiger partial charge is 0.494 e. The molecular formula is C24H24FN7O2. The van der Waals surface area contributed by atoms with E-state index in [-0.39, 0.29) is 17.4 Å². The normalized spacial score (nSPS) is 11.3. The lowest BCUT2D eigenvalue weighted by Crippen LogP contribution is -2.13. The van der Waals surface area contributed by atoms with Crippen LogP contribution in [0.15, 0.2) is 67.1 Å². The van der Waals surface area contributed by atoms with Crippen LogP contribution < -0.4 is 15.4 Å². The Morgan fingerprint density at radius 2 is 2.03 bits per heavy atom. The Morgan fingerprint density at radius 3 is 2.82 bits per heavy atom. The number of hydrogen-bond acceptors (Lipinski definition) is 7. The molecule has 0 saturated carbocycles. The molecule has 3 heterocycles. The van der Waals surface area contributed by atoms with Crippen molar-refractivity contribution in [3.63, 3.8) is 0 Å². The first-order valence-corrected chi connectivity index (χ1v) is 10.5. The highest BCUT2D eigenvalue weighted by Crippen LogP contribution is 2.32. The lowest BCUT2D eigenvalue weighted by atomic mass is 10.2. The summed E-state index contributed by atoms with van der Waals surface area (Å²) in [6.45, 7) is 0.588. The van der Waals surface area contributed by atoms with E-state index in [0.29, 0.717) is 18.1 Å². The van der Waals surface area contributed by atoms with Gasteiger partial charge in [0.2, 0.25) is 11.9 Å². The van der Waals surface area contributed by atoms with Crippen LogP contribution in [0.4, 0.5) is 21.7 Å². The van der Waals surface area contributed by atoms with Gasteiger partial charge in [-0.05, 0) is 44.4 Å². The number of halogens is 1. The molecule has 0 radical (unpaired) electrons. The van der Waals surface area contributed by atoms with Crippen LogP contribution in [0.1, 0.15) is 0 Å². The van der Waals surface area contributed by atoms with Gasteiger partial charge in [0.25, 0.3) is 0 Å². The average molecular weight is 462 g/mol. The molecule has 10 heteroatoms. The van der Waals surface area contributed by atoms with E-state index in [2.05, 4.69) is 25.6 Å². The molecule has 2 N–H and O–H groups in total. The number of pyridine rings is 1. The number of carbonyl (C=O) groups excluding carboxylic acids is 1. The fourth-order valence-corrected chi connectivity index (χ4v) is 3.28. The van der Waals surface area contributed by atoms with Crippen LogP contribution in [-0.2, 0) is 4.79 Å². The number of hydrogen-bond donors (Lipinski definition) is 2. The Bertz CT molecular complexity index is 1350. The van der Waals surface area contributed by atoms with Crippen molar-refractivity contribution in [3.05, 3.63) is 73.0 Å². The number of rotatable bonds is 8. The van der Waals surface area contributed by atoms with Gasteiger partial charge < -0.3 is 20.3 Å². The van der Waals surface area contributed by atoms with Gasteiger partial charge in [-0.1, -0.05) is 6.08 Å². The van der Waals surface area contributed by atoms with Gasteiger partial charge in [-0.25, -0.2) is 14.4 Å². The molecule has 9 nitrogen and oxygen atoms in total. The van der Waals surface area contributed by atoms with E-state index in [1.807, 2.05) is 48.0 Å². The zero-order valence-electron chi connectivity index (χ0n) is 19.0. The maximum atomic E-state index is 14.6. The second-order valence-corrected chi connectivity index (χ2v) is 7.65. The molecule has 0 aliphatic heterocycles. The minimum atomic E-state index is -0.628. The topological polar surface area (TPSA) is 97.2 Å². The number of nitrogens with one attached hydrogen (secondary N) is 2. The monoisotopic (exact) mass is 461 g/mol. The summed E-state index contributed by atoms with van der Waals surface area (Å²) >= 11 is 0. The minimum absolute atomic E-state index is 0.000406. The van der Waals surface area contributed by atoms with Crippen molar-refractivity contribution in [2.24, 2.45) is 0 Å². The third-order valence-corrected chi connectivity index (χ3v) is 4.87. The van der Waals surface area contributed by atoms with Gasteiger partial charge in [0.15, 0.2) is 5.82 Å². The van der Waals surface area contributed by atoms with E-state index in [9.17, 15) is 9.18 Å². The number of aromatic nitrogens is 4. The number of nitrogens with zero attached hydrogens (tertiary/aromatic N) is 5. The van der Waals surface area contributed by atoms with Crippen LogP contribution in [-0.4, -0.2) is 58.1 Å². The molecule has 174 valence electrons. The molecule has 4 aromatic rings. The smallest absolute Gasteiger partial charge is 0.248 e. The van der Waals surface area contributed by atoms with Crippen LogP contribution in [0.3, 0.4) is 0 Å². The van der Waals surface area contributed by atoms with Gasteiger partial charge in [-0.15, -0.1) is 0 Å². The Kier molecular flexibility index (Phi) is 6.79. The molecule has 0 saturated heterocycles. The number of benzene rings is 1. The highest BCUT2D eigenvalue weighted by molar-refractivity contribution is 5.99. The van der Waals surface area contributed by atoms with E-state index >= 15 is 0 Å². The second-order valence-electron chi connectivity index (χ2n) is 7.65. The van der Waals surface area contributed by atoms with Crippen LogP contribution in [0.25, 0.3) is 16.9 Å². The van der Waals surface area contributed by atoms with Gasteiger partial charge in [-0.2, -0.15) is 4.98 Å². The zero-order valence-corrected chi connectivity index (χ0v) is 19.0. The number of likely N-dealkylation sites (N-methyl/N-ethyl adjacent to an activating group) is 1. The van der Waals surface area contributed by atoms with Crippen molar-refractivity contribution in [1.82, 2.24) is 24.4 Å². The number of fused-ring (bicyclic) bond motifs is 1. The number of methoxy groups -OCH3 is 1. The van der Waals surface area contributed by atoms with E-state index in [1.165, 1.54) is 25.3 Å². The molecular weight excluding hydrogens is 437 g/mol. The predicted molar refractivity (Wildman–Crippen MR) is 129 cm³/mol. The average Bonchev–Trinajstić information content (AvgIpc) is 3.25. The molecule has 0 aliphatic carbocycles. The molecule has 0 fully saturated rings. The summed E-state index contributed by atoms with van der Waals surface area (Å²) in [4.78, 5) is 27.3. The second kappa shape index (κ2) is 10.1. The Balaban J connectivity index is 1.60. The maximum absolute atomic E-state index is 14.6. The van der Waals surface area contributed by atoms with E-state index in [0.717, 1.165) is 11.0 Å². The molecule has 4 rings (SSSR count). The fraction of sp³-hybridized carbons (Fsp3) is 0.167. The fourth-order valence-electron chi connectivity index (χ4n) is 3.28. The third kappa shape index (κ3) is 5.18. The molecule has 0 spiro atoms. The quantitative estimate of drug-likeness (QED) is 0.386. The highest BCUT2D eigenvalue weighted by atomic mass is 19.1. The summed E-state index contributed by atoms with van der Waals surface area (Å²) in [5.41, 5.74) is 1.16. The van der Waals surface area contributed by atoms with Crippen molar-refractivity contribution < 1.29 is 13.9 Å². The molecule has 1 aromatic carbocycles.